The number of hydrogen-bond acceptors (Lipinski definition) is 12. The smallest absolute Gasteiger partial charge is 0.407 e. The highest BCUT2D eigenvalue weighted by Crippen LogP contribution is 2.18. The minimum atomic E-state index is -0.539. The van der Waals surface area contributed by atoms with E-state index in [1.54, 1.807) is 52.1 Å². The summed E-state index contributed by atoms with van der Waals surface area (Å²) in [5.74, 6) is 1.75. The van der Waals surface area contributed by atoms with Gasteiger partial charge >= 0.3 is 6.09 Å². The van der Waals surface area contributed by atoms with E-state index in [1.165, 1.54) is 0 Å². The highest BCUT2D eigenvalue weighted by molar-refractivity contribution is 5.94. The molecule has 3 rings (SSSR count). The van der Waals surface area contributed by atoms with Crippen molar-refractivity contribution < 1.29 is 28.5 Å². The first kappa shape index (κ1) is 35.8. The molecule has 250 valence electrons. The lowest BCUT2D eigenvalue weighted by molar-refractivity contribution is 0.0400. The van der Waals surface area contributed by atoms with Crippen molar-refractivity contribution in [1.82, 2.24) is 25.6 Å². The number of anilines is 4. The molecule has 0 saturated carbocycles. The van der Waals surface area contributed by atoms with E-state index in [9.17, 15) is 9.59 Å². The largest absolute Gasteiger partial charge is 0.497 e. The summed E-state index contributed by atoms with van der Waals surface area (Å²) in [6.45, 7) is 12.0. The molecule has 0 saturated heterocycles. The Bertz CT molecular complexity index is 1380. The van der Waals surface area contributed by atoms with Crippen LogP contribution in [0.2, 0.25) is 0 Å². The molecule has 0 unspecified atom stereocenters. The van der Waals surface area contributed by atoms with Crippen LogP contribution in [-0.2, 0) is 20.8 Å². The van der Waals surface area contributed by atoms with Crippen LogP contribution in [0, 0.1) is 0 Å². The molecule has 2 aromatic carbocycles. The Morgan fingerprint density at radius 3 is 2.13 bits per heavy atom. The first-order chi connectivity index (χ1) is 22.0. The molecule has 46 heavy (non-hydrogen) atoms. The van der Waals surface area contributed by atoms with Gasteiger partial charge in [0.15, 0.2) is 0 Å². The molecule has 5 N–H and O–H groups in total. The summed E-state index contributed by atoms with van der Waals surface area (Å²) >= 11 is 0. The second-order valence-corrected chi connectivity index (χ2v) is 11.4. The maximum atomic E-state index is 12.6. The van der Waals surface area contributed by atoms with E-state index >= 15 is 0 Å². The van der Waals surface area contributed by atoms with E-state index in [-0.39, 0.29) is 11.9 Å². The van der Waals surface area contributed by atoms with Crippen molar-refractivity contribution >= 4 is 35.5 Å². The molecule has 0 aliphatic rings. The number of nitrogens with zero attached hydrogens (tertiary/aromatic N) is 3. The number of benzene rings is 2. The van der Waals surface area contributed by atoms with Crippen LogP contribution in [0.4, 0.5) is 28.3 Å². The van der Waals surface area contributed by atoms with Gasteiger partial charge < -0.3 is 45.5 Å². The molecule has 1 aromatic heterocycles. The SMILES string of the molecule is COc1cccc(CNc2nc(Nc3ccc(C(=O)NCCOCCOCCNC(=O)OC(C)(C)C)cc3)nc(NC(C)C)n2)c1. The van der Waals surface area contributed by atoms with Crippen molar-refractivity contribution in [1.29, 1.82) is 0 Å². The van der Waals surface area contributed by atoms with Crippen molar-refractivity contribution in [2.45, 2.75) is 52.8 Å². The Labute approximate surface area is 270 Å². The average Bonchev–Trinajstić information content (AvgIpc) is 3.00. The normalized spacial score (nSPS) is 11.1. The molecule has 0 fully saturated rings. The van der Waals surface area contributed by atoms with Crippen molar-refractivity contribution in [2.24, 2.45) is 0 Å². The van der Waals surface area contributed by atoms with Gasteiger partial charge in [-0.1, -0.05) is 12.1 Å². The van der Waals surface area contributed by atoms with Crippen molar-refractivity contribution in [3.63, 3.8) is 0 Å². The van der Waals surface area contributed by atoms with Crippen LogP contribution in [-0.4, -0.2) is 85.2 Å². The number of methoxy groups -OCH3 is 1. The van der Waals surface area contributed by atoms with E-state index < -0.39 is 11.7 Å². The first-order valence-electron chi connectivity index (χ1n) is 15.2. The number of amides is 2. The molecule has 0 spiro atoms. The maximum Gasteiger partial charge on any atom is 0.407 e. The Hall–Kier alpha value is -4.69. The van der Waals surface area contributed by atoms with Gasteiger partial charge in [-0.3, -0.25) is 4.79 Å². The molecule has 0 aliphatic carbocycles. The summed E-state index contributed by atoms with van der Waals surface area (Å²) in [5, 5.41) is 15.1. The third-order valence-electron chi connectivity index (χ3n) is 5.86. The number of carbonyl (C=O) groups is 2. The Morgan fingerprint density at radius 2 is 1.48 bits per heavy atom. The van der Waals surface area contributed by atoms with Gasteiger partial charge in [-0.15, -0.1) is 0 Å². The van der Waals surface area contributed by atoms with Gasteiger partial charge in [-0.2, -0.15) is 15.0 Å². The summed E-state index contributed by atoms with van der Waals surface area (Å²) < 4.78 is 21.4. The third-order valence-corrected chi connectivity index (χ3v) is 5.86. The molecule has 2 amide bonds. The molecule has 0 radical (unpaired) electrons. The molecule has 14 heteroatoms. The lowest BCUT2D eigenvalue weighted by Gasteiger charge is -2.19. The van der Waals surface area contributed by atoms with Crippen LogP contribution in [0.3, 0.4) is 0 Å². The molecule has 0 atom stereocenters. The molecule has 1 heterocycles. The minimum Gasteiger partial charge on any atom is -0.497 e. The number of nitrogens with one attached hydrogen (secondary N) is 5. The van der Waals surface area contributed by atoms with E-state index in [1.807, 2.05) is 38.1 Å². The minimum absolute atomic E-state index is 0.123. The highest BCUT2D eigenvalue weighted by Gasteiger charge is 2.15. The van der Waals surface area contributed by atoms with Gasteiger partial charge in [0.05, 0.1) is 33.5 Å². The number of carbonyl (C=O) groups excluding carboxylic acids is 2. The van der Waals surface area contributed by atoms with E-state index in [0.717, 1.165) is 11.3 Å². The molecular formula is C32H46N8O6. The van der Waals surface area contributed by atoms with E-state index in [4.69, 9.17) is 18.9 Å². The molecule has 0 bridgehead atoms. The number of ether oxygens (including phenoxy) is 4. The van der Waals surface area contributed by atoms with Crippen LogP contribution >= 0.6 is 0 Å². The van der Waals surface area contributed by atoms with Crippen molar-refractivity contribution in [3.8, 4) is 5.75 Å². The second-order valence-electron chi connectivity index (χ2n) is 11.4. The summed E-state index contributed by atoms with van der Waals surface area (Å²) in [5.41, 5.74) is 1.69. The first-order valence-corrected chi connectivity index (χ1v) is 15.2. The van der Waals surface area contributed by atoms with Crippen LogP contribution in [0.25, 0.3) is 0 Å². The van der Waals surface area contributed by atoms with Gasteiger partial charge in [-0.25, -0.2) is 4.79 Å². The number of rotatable bonds is 18. The molecular weight excluding hydrogens is 592 g/mol. The molecule has 0 aliphatic heterocycles. The number of alkyl carbamates (subject to hydrolysis) is 1. The lowest BCUT2D eigenvalue weighted by atomic mass is 10.2. The van der Waals surface area contributed by atoms with Crippen LogP contribution in [0.15, 0.2) is 48.5 Å². The summed E-state index contributed by atoms with van der Waals surface area (Å²) in [6, 6.07) is 14.9. The zero-order valence-corrected chi connectivity index (χ0v) is 27.4. The topological polar surface area (TPSA) is 170 Å². The zero-order valence-electron chi connectivity index (χ0n) is 27.4. The van der Waals surface area contributed by atoms with E-state index in [2.05, 4.69) is 41.5 Å². The fourth-order valence-electron chi connectivity index (χ4n) is 3.83. The van der Waals surface area contributed by atoms with Crippen LogP contribution < -0.4 is 31.3 Å². The fraction of sp³-hybridized carbons (Fsp3) is 0.469. The summed E-state index contributed by atoms with van der Waals surface area (Å²) in [4.78, 5) is 37.6. The highest BCUT2D eigenvalue weighted by atomic mass is 16.6. The van der Waals surface area contributed by atoms with Gasteiger partial charge in [0, 0.05) is 36.9 Å². The molecule has 3 aromatic rings. The van der Waals surface area contributed by atoms with Crippen molar-refractivity contribution in [2.75, 3.05) is 62.6 Å². The predicted octanol–water partition coefficient (Wildman–Crippen LogP) is 4.34. The van der Waals surface area contributed by atoms with E-state index in [0.29, 0.717) is 75.2 Å². The zero-order chi connectivity index (χ0) is 33.4. The number of aromatic nitrogens is 3. The summed E-state index contributed by atoms with van der Waals surface area (Å²) in [6.07, 6.45) is -0.478. The standard InChI is InChI=1S/C32H46N8O6/c1-22(2)36-29-38-28(35-21-23-8-7-9-26(20-23)43-6)39-30(40-29)37-25-12-10-24(11-13-25)27(41)33-14-16-44-18-19-45-17-15-34-31(42)46-32(3,4)5/h7-13,20,22H,14-19,21H2,1-6H3,(H,33,41)(H,34,42)(H3,35,36,37,38,39,40). The monoisotopic (exact) mass is 638 g/mol. The summed E-state index contributed by atoms with van der Waals surface area (Å²) in [7, 11) is 1.63. The predicted molar refractivity (Wildman–Crippen MR) is 177 cm³/mol. The molecule has 14 nitrogen and oxygen atoms in total. The van der Waals surface area contributed by atoms with Gasteiger partial charge in [-0.05, 0) is 76.6 Å². The Balaban J connectivity index is 1.40. The van der Waals surface area contributed by atoms with Gasteiger partial charge in [0.1, 0.15) is 11.4 Å². The lowest BCUT2D eigenvalue weighted by Crippen LogP contribution is -2.34. The maximum absolute atomic E-state index is 12.6. The second kappa shape index (κ2) is 18.3. The quantitative estimate of drug-likeness (QED) is 0.125. The number of hydrogen-bond donors (Lipinski definition) is 5. The fourth-order valence-corrected chi connectivity index (χ4v) is 3.83. The van der Waals surface area contributed by atoms with Gasteiger partial charge in [0.2, 0.25) is 17.8 Å². The Morgan fingerprint density at radius 1 is 0.826 bits per heavy atom. The van der Waals surface area contributed by atoms with Gasteiger partial charge in [0.25, 0.3) is 5.91 Å². The van der Waals surface area contributed by atoms with Crippen LogP contribution in [0.1, 0.15) is 50.5 Å². The van der Waals surface area contributed by atoms with Crippen LogP contribution in [0.5, 0.6) is 5.75 Å². The Kier molecular flexibility index (Phi) is 14.3. The average molecular weight is 639 g/mol. The third kappa shape index (κ3) is 13.9. The van der Waals surface area contributed by atoms with Crippen molar-refractivity contribution in [3.05, 3.63) is 59.7 Å².